The molecule has 1 unspecified atom stereocenters. The number of benzene rings is 1. The predicted molar refractivity (Wildman–Crippen MR) is 78.7 cm³/mol. The number of carbonyl (C=O) groups excluding carboxylic acids is 2. The van der Waals surface area contributed by atoms with Crippen LogP contribution < -0.4 is 0 Å². The van der Waals surface area contributed by atoms with Crippen LogP contribution >= 0.6 is 11.8 Å². The summed E-state index contributed by atoms with van der Waals surface area (Å²) in [4.78, 5) is 28.6. The number of rotatable bonds is 5. The molecule has 0 radical (unpaired) electrons. The molecule has 1 heterocycles. The molecular weight excluding hydrogens is 274 g/mol. The Morgan fingerprint density at radius 2 is 2.05 bits per heavy atom. The van der Waals surface area contributed by atoms with Gasteiger partial charge in [0.15, 0.2) is 11.0 Å². The van der Waals surface area contributed by atoms with Crippen molar-refractivity contribution in [1.82, 2.24) is 4.98 Å². The van der Waals surface area contributed by atoms with Crippen molar-refractivity contribution < 1.29 is 14.3 Å². The number of carbonyl (C=O) groups is 2. The van der Waals surface area contributed by atoms with Gasteiger partial charge in [-0.2, -0.15) is 0 Å². The van der Waals surface area contributed by atoms with Crippen LogP contribution in [0.15, 0.2) is 41.4 Å². The van der Waals surface area contributed by atoms with Crippen molar-refractivity contribution in [2.75, 3.05) is 6.61 Å². The summed E-state index contributed by atoms with van der Waals surface area (Å²) in [6.45, 7) is 3.38. The lowest BCUT2D eigenvalue weighted by Crippen LogP contribution is -2.27. The minimum absolute atomic E-state index is 0.221. The predicted octanol–water partition coefficient (Wildman–Crippen LogP) is 2.85. The Balaban J connectivity index is 2.34. The Hall–Kier alpha value is -1.88. The summed E-state index contributed by atoms with van der Waals surface area (Å²) < 4.78 is 4.95. The first-order chi connectivity index (χ1) is 9.63. The van der Waals surface area contributed by atoms with Gasteiger partial charge in [-0.05, 0) is 26.0 Å². The molecule has 2 aromatic rings. The first-order valence-electron chi connectivity index (χ1n) is 6.31. The second-order valence-electron chi connectivity index (χ2n) is 4.19. The number of Topliss-reactive ketones (excluding diaryl/α,β-unsaturated/α-hetero) is 1. The maximum Gasteiger partial charge on any atom is 0.327 e. The van der Waals surface area contributed by atoms with Crippen LogP contribution in [-0.2, 0) is 14.3 Å². The molecule has 2 rings (SSSR count). The Morgan fingerprint density at radius 3 is 2.75 bits per heavy atom. The molecule has 0 N–H and O–H groups in total. The number of ether oxygens (including phenoxy) is 1. The molecule has 0 saturated heterocycles. The van der Waals surface area contributed by atoms with Gasteiger partial charge in [0.25, 0.3) is 0 Å². The van der Waals surface area contributed by atoms with Gasteiger partial charge in [0.2, 0.25) is 0 Å². The summed E-state index contributed by atoms with van der Waals surface area (Å²) in [6.07, 6.45) is 1.69. The lowest BCUT2D eigenvalue weighted by molar-refractivity contribution is -0.144. The summed E-state index contributed by atoms with van der Waals surface area (Å²) in [5.74, 6) is -0.723. The molecule has 0 saturated carbocycles. The van der Waals surface area contributed by atoms with Crippen molar-refractivity contribution in [3.63, 3.8) is 0 Å². The summed E-state index contributed by atoms with van der Waals surface area (Å²) >= 11 is 1.19. The average molecular weight is 289 g/mol. The summed E-state index contributed by atoms with van der Waals surface area (Å²) in [5.41, 5.74) is 0.788. The zero-order chi connectivity index (χ0) is 14.5. The minimum Gasteiger partial charge on any atom is -0.465 e. The molecule has 0 fully saturated rings. The number of hydrogen-bond donors (Lipinski definition) is 0. The third kappa shape index (κ3) is 3.17. The van der Waals surface area contributed by atoms with E-state index in [0.717, 1.165) is 15.8 Å². The zero-order valence-electron chi connectivity index (χ0n) is 11.3. The van der Waals surface area contributed by atoms with Crippen molar-refractivity contribution in [1.29, 1.82) is 0 Å². The summed E-state index contributed by atoms with van der Waals surface area (Å²) in [5, 5.41) is 0.131. The van der Waals surface area contributed by atoms with E-state index in [2.05, 4.69) is 4.98 Å². The first kappa shape index (κ1) is 14.5. The van der Waals surface area contributed by atoms with Gasteiger partial charge in [0, 0.05) is 16.5 Å². The number of ketones is 1. The Labute approximate surface area is 121 Å². The monoisotopic (exact) mass is 289 g/mol. The Bertz CT molecular complexity index is 637. The van der Waals surface area contributed by atoms with Crippen LogP contribution in [0.1, 0.15) is 13.8 Å². The molecule has 0 amide bonds. The molecule has 0 bridgehead atoms. The molecule has 4 nitrogen and oxygen atoms in total. The van der Waals surface area contributed by atoms with Crippen LogP contribution in [0.25, 0.3) is 10.9 Å². The van der Waals surface area contributed by atoms with Crippen LogP contribution in [0.4, 0.5) is 0 Å². The van der Waals surface area contributed by atoms with E-state index in [1.165, 1.54) is 18.7 Å². The number of fused-ring (bicyclic) bond motifs is 1. The Kier molecular flexibility index (Phi) is 4.74. The normalized spacial score (nSPS) is 12.1. The van der Waals surface area contributed by atoms with Gasteiger partial charge in [-0.1, -0.05) is 18.2 Å². The molecule has 0 aliphatic heterocycles. The van der Waals surface area contributed by atoms with Gasteiger partial charge in [0.05, 0.1) is 12.1 Å². The SMILES string of the molecule is CCOC(=O)C(Sc1cccc2cccnc12)C(C)=O. The van der Waals surface area contributed by atoms with E-state index in [9.17, 15) is 9.59 Å². The maximum atomic E-state index is 11.8. The number of hydrogen-bond acceptors (Lipinski definition) is 5. The number of esters is 1. The van der Waals surface area contributed by atoms with Gasteiger partial charge in [-0.25, -0.2) is 0 Å². The van der Waals surface area contributed by atoms with Crippen LogP contribution in [-0.4, -0.2) is 28.6 Å². The molecular formula is C15H15NO3S. The van der Waals surface area contributed by atoms with E-state index in [1.54, 1.807) is 13.1 Å². The van der Waals surface area contributed by atoms with Crippen LogP contribution in [0.3, 0.4) is 0 Å². The second kappa shape index (κ2) is 6.52. The minimum atomic E-state index is -0.845. The van der Waals surface area contributed by atoms with Crippen molar-refractivity contribution in [2.24, 2.45) is 0 Å². The van der Waals surface area contributed by atoms with E-state index < -0.39 is 11.2 Å². The molecule has 5 heteroatoms. The molecule has 1 atom stereocenters. The van der Waals surface area contributed by atoms with Crippen LogP contribution in [0, 0.1) is 0 Å². The number of aromatic nitrogens is 1. The first-order valence-corrected chi connectivity index (χ1v) is 7.19. The fourth-order valence-corrected chi connectivity index (χ4v) is 2.84. The molecule has 0 spiro atoms. The zero-order valence-corrected chi connectivity index (χ0v) is 12.1. The smallest absolute Gasteiger partial charge is 0.327 e. The van der Waals surface area contributed by atoms with Crippen LogP contribution in [0.5, 0.6) is 0 Å². The second-order valence-corrected chi connectivity index (χ2v) is 5.34. The molecule has 1 aromatic carbocycles. The molecule has 20 heavy (non-hydrogen) atoms. The van der Waals surface area contributed by atoms with Gasteiger partial charge >= 0.3 is 5.97 Å². The van der Waals surface area contributed by atoms with Gasteiger partial charge in [0.1, 0.15) is 0 Å². The number of nitrogens with zero attached hydrogens (tertiary/aromatic N) is 1. The molecule has 0 aliphatic rings. The number of para-hydroxylation sites is 1. The molecule has 1 aromatic heterocycles. The highest BCUT2D eigenvalue weighted by Gasteiger charge is 2.26. The third-order valence-corrected chi connectivity index (χ3v) is 4.05. The molecule has 104 valence electrons. The average Bonchev–Trinajstić information content (AvgIpc) is 2.44. The van der Waals surface area contributed by atoms with Crippen molar-refractivity contribution in [3.05, 3.63) is 36.5 Å². The topological polar surface area (TPSA) is 56.3 Å². The van der Waals surface area contributed by atoms with Crippen LogP contribution in [0.2, 0.25) is 0 Å². The van der Waals surface area contributed by atoms with E-state index in [0.29, 0.717) is 0 Å². The number of thioether (sulfide) groups is 1. The fraction of sp³-hybridized carbons (Fsp3) is 0.267. The Morgan fingerprint density at radius 1 is 1.30 bits per heavy atom. The highest BCUT2D eigenvalue weighted by atomic mass is 32.2. The van der Waals surface area contributed by atoms with Crippen molar-refractivity contribution in [3.8, 4) is 0 Å². The van der Waals surface area contributed by atoms with E-state index in [-0.39, 0.29) is 12.4 Å². The standard InChI is InChI=1S/C15H15NO3S/c1-3-19-15(18)14(10(2)17)20-12-8-4-6-11-7-5-9-16-13(11)12/h4-9,14H,3H2,1-2H3. The lowest BCUT2D eigenvalue weighted by Gasteiger charge is -2.13. The maximum absolute atomic E-state index is 11.8. The summed E-state index contributed by atoms with van der Waals surface area (Å²) in [6, 6.07) is 9.48. The largest absolute Gasteiger partial charge is 0.465 e. The number of pyridine rings is 1. The quantitative estimate of drug-likeness (QED) is 0.481. The third-order valence-electron chi connectivity index (χ3n) is 2.71. The summed E-state index contributed by atoms with van der Waals surface area (Å²) in [7, 11) is 0. The molecule has 0 aliphatic carbocycles. The lowest BCUT2D eigenvalue weighted by atomic mass is 10.2. The van der Waals surface area contributed by atoms with E-state index >= 15 is 0 Å². The van der Waals surface area contributed by atoms with E-state index in [4.69, 9.17) is 4.74 Å². The van der Waals surface area contributed by atoms with Gasteiger partial charge < -0.3 is 4.74 Å². The van der Waals surface area contributed by atoms with Gasteiger partial charge in [-0.3, -0.25) is 14.6 Å². The van der Waals surface area contributed by atoms with Crippen molar-refractivity contribution in [2.45, 2.75) is 24.0 Å². The van der Waals surface area contributed by atoms with Gasteiger partial charge in [-0.15, -0.1) is 11.8 Å². The van der Waals surface area contributed by atoms with E-state index in [1.807, 2.05) is 30.3 Å². The highest BCUT2D eigenvalue weighted by molar-refractivity contribution is 8.01. The highest BCUT2D eigenvalue weighted by Crippen LogP contribution is 2.30. The van der Waals surface area contributed by atoms with Crippen molar-refractivity contribution >= 4 is 34.4 Å². The fourth-order valence-electron chi connectivity index (χ4n) is 1.81.